The van der Waals surface area contributed by atoms with Gasteiger partial charge >= 0.3 is 0 Å². The molecule has 4 atom stereocenters. The van der Waals surface area contributed by atoms with Crippen LogP contribution >= 0.6 is 0 Å². The van der Waals surface area contributed by atoms with Crippen LogP contribution in [0.4, 0.5) is 0 Å². The molecule has 2 bridgehead atoms. The van der Waals surface area contributed by atoms with Gasteiger partial charge in [0.15, 0.2) is 0 Å². The van der Waals surface area contributed by atoms with Gasteiger partial charge in [-0.15, -0.1) is 0 Å². The fourth-order valence-corrected chi connectivity index (χ4v) is 5.11. The lowest BCUT2D eigenvalue weighted by Crippen LogP contribution is -2.55. The van der Waals surface area contributed by atoms with Crippen LogP contribution in [0.15, 0.2) is 0 Å². The van der Waals surface area contributed by atoms with Crippen molar-refractivity contribution < 1.29 is 0 Å². The average Bonchev–Trinajstić information content (AvgIpc) is 3.38. The Hall–Kier alpha value is -0.590. The molecule has 0 spiro atoms. The van der Waals surface area contributed by atoms with Crippen molar-refractivity contribution in [1.82, 2.24) is 10.2 Å². The van der Waals surface area contributed by atoms with E-state index < -0.39 is 0 Å². The second-order valence-corrected chi connectivity index (χ2v) is 8.41. The van der Waals surface area contributed by atoms with Crippen molar-refractivity contribution in [3.05, 3.63) is 0 Å². The van der Waals surface area contributed by atoms with Crippen LogP contribution in [-0.4, -0.2) is 36.6 Å². The molecule has 1 N–H and O–H groups in total. The molecule has 0 aromatic carbocycles. The van der Waals surface area contributed by atoms with E-state index in [-0.39, 0.29) is 5.54 Å². The van der Waals surface area contributed by atoms with Crippen molar-refractivity contribution in [2.45, 2.75) is 62.9 Å². The summed E-state index contributed by atoms with van der Waals surface area (Å²) in [6, 6.07) is 3.31. The van der Waals surface area contributed by atoms with E-state index in [2.05, 4.69) is 23.3 Å². The van der Waals surface area contributed by atoms with Gasteiger partial charge in [-0.1, -0.05) is 6.42 Å². The monoisotopic (exact) mass is 287 g/mol. The molecule has 0 aliphatic heterocycles. The molecule has 4 fully saturated rings. The number of fused-ring (bicyclic) bond motifs is 2. The summed E-state index contributed by atoms with van der Waals surface area (Å²) >= 11 is 0. The van der Waals surface area contributed by atoms with Crippen LogP contribution in [-0.2, 0) is 0 Å². The molecule has 0 aromatic rings. The van der Waals surface area contributed by atoms with Gasteiger partial charge in [0.1, 0.15) is 5.54 Å². The van der Waals surface area contributed by atoms with Gasteiger partial charge in [-0.25, -0.2) is 0 Å². The molecule has 116 valence electrons. The summed E-state index contributed by atoms with van der Waals surface area (Å²) in [4.78, 5) is 2.47. The third kappa shape index (κ3) is 2.85. The van der Waals surface area contributed by atoms with Crippen LogP contribution in [0.25, 0.3) is 0 Å². The molecule has 4 aliphatic rings. The first-order valence-electron chi connectivity index (χ1n) is 9.06. The minimum atomic E-state index is -0.256. The highest BCUT2D eigenvalue weighted by atomic mass is 15.2. The van der Waals surface area contributed by atoms with Crippen LogP contribution < -0.4 is 5.32 Å². The standard InChI is InChI=1S/C18H29N3/c1-21(10-15-9-13-2-3-14(15)8-13)12-18(11-19,16-4-5-16)20-17-6-7-17/h13-17,20H,2-10,12H2,1H3. The third-order valence-corrected chi connectivity index (χ3v) is 6.46. The average molecular weight is 287 g/mol. The Morgan fingerprint density at radius 1 is 1.14 bits per heavy atom. The molecule has 21 heavy (non-hydrogen) atoms. The summed E-state index contributed by atoms with van der Waals surface area (Å²) in [6.07, 6.45) is 10.9. The summed E-state index contributed by atoms with van der Waals surface area (Å²) in [7, 11) is 2.25. The first-order valence-corrected chi connectivity index (χ1v) is 9.06. The van der Waals surface area contributed by atoms with Crippen molar-refractivity contribution in [1.29, 1.82) is 5.26 Å². The number of nitrogens with one attached hydrogen (secondary N) is 1. The minimum absolute atomic E-state index is 0.256. The quantitative estimate of drug-likeness (QED) is 0.782. The summed E-state index contributed by atoms with van der Waals surface area (Å²) in [6.45, 7) is 2.14. The topological polar surface area (TPSA) is 39.1 Å². The number of hydrogen-bond acceptors (Lipinski definition) is 3. The lowest BCUT2D eigenvalue weighted by atomic mass is 9.87. The molecular weight excluding hydrogens is 258 g/mol. The number of nitriles is 1. The highest BCUT2D eigenvalue weighted by Gasteiger charge is 2.49. The van der Waals surface area contributed by atoms with Crippen molar-refractivity contribution >= 4 is 0 Å². The SMILES string of the molecule is CN(CC1CC2CCC1C2)CC(C#N)(NC1CC1)C1CC1. The smallest absolute Gasteiger partial charge is 0.122 e. The van der Waals surface area contributed by atoms with E-state index in [1.807, 2.05) is 0 Å². The molecule has 4 aliphatic carbocycles. The number of nitrogens with zero attached hydrogens (tertiary/aromatic N) is 2. The molecule has 0 aromatic heterocycles. The first-order chi connectivity index (χ1) is 10.2. The lowest BCUT2D eigenvalue weighted by molar-refractivity contribution is 0.175. The van der Waals surface area contributed by atoms with E-state index in [0.29, 0.717) is 12.0 Å². The van der Waals surface area contributed by atoms with Gasteiger partial charge in [-0.2, -0.15) is 5.26 Å². The maximum atomic E-state index is 9.84. The molecule has 0 radical (unpaired) electrons. The molecule has 3 nitrogen and oxygen atoms in total. The van der Waals surface area contributed by atoms with Crippen molar-refractivity contribution in [2.75, 3.05) is 20.1 Å². The van der Waals surface area contributed by atoms with Gasteiger partial charge in [0, 0.05) is 19.1 Å². The molecule has 3 heteroatoms. The zero-order chi connectivity index (χ0) is 14.4. The number of hydrogen-bond donors (Lipinski definition) is 1. The molecule has 4 saturated carbocycles. The van der Waals surface area contributed by atoms with Gasteiger partial charge in [0.25, 0.3) is 0 Å². The predicted molar refractivity (Wildman–Crippen MR) is 83.7 cm³/mol. The molecular formula is C18H29N3. The van der Waals surface area contributed by atoms with Gasteiger partial charge in [-0.05, 0) is 75.7 Å². The number of likely N-dealkylation sites (N-methyl/N-ethyl adjacent to an activating group) is 1. The Morgan fingerprint density at radius 3 is 2.48 bits per heavy atom. The first kappa shape index (κ1) is 14.0. The van der Waals surface area contributed by atoms with Gasteiger partial charge in [0.2, 0.25) is 0 Å². The van der Waals surface area contributed by atoms with Gasteiger partial charge in [-0.3, -0.25) is 5.32 Å². The Kier molecular flexibility index (Phi) is 3.51. The Morgan fingerprint density at radius 2 is 1.95 bits per heavy atom. The van der Waals surface area contributed by atoms with Gasteiger partial charge in [0.05, 0.1) is 6.07 Å². The van der Waals surface area contributed by atoms with Crippen molar-refractivity contribution in [2.24, 2.45) is 23.7 Å². The van der Waals surface area contributed by atoms with E-state index in [1.165, 1.54) is 57.9 Å². The summed E-state index contributed by atoms with van der Waals surface area (Å²) in [5, 5.41) is 13.5. The Labute approximate surface area is 129 Å². The maximum absolute atomic E-state index is 9.84. The van der Waals surface area contributed by atoms with Crippen LogP contribution in [0.5, 0.6) is 0 Å². The molecule has 4 rings (SSSR count). The zero-order valence-electron chi connectivity index (χ0n) is 13.4. The molecule has 4 unspecified atom stereocenters. The van der Waals surface area contributed by atoms with E-state index >= 15 is 0 Å². The highest BCUT2D eigenvalue weighted by Crippen LogP contribution is 2.48. The van der Waals surface area contributed by atoms with E-state index in [4.69, 9.17) is 0 Å². The largest absolute Gasteiger partial charge is 0.303 e. The Bertz CT molecular complexity index is 434. The molecule has 0 amide bonds. The lowest BCUT2D eigenvalue weighted by Gasteiger charge is -2.35. The predicted octanol–water partition coefficient (Wildman–Crippen LogP) is 2.78. The minimum Gasteiger partial charge on any atom is -0.303 e. The van der Waals surface area contributed by atoms with Crippen molar-refractivity contribution in [3.63, 3.8) is 0 Å². The Balaban J connectivity index is 1.37. The van der Waals surface area contributed by atoms with Crippen LogP contribution in [0.3, 0.4) is 0 Å². The summed E-state index contributed by atoms with van der Waals surface area (Å²) < 4.78 is 0. The highest BCUT2D eigenvalue weighted by molar-refractivity contribution is 5.18. The maximum Gasteiger partial charge on any atom is 0.122 e. The molecule has 0 heterocycles. The summed E-state index contributed by atoms with van der Waals surface area (Å²) in [5.41, 5.74) is -0.256. The van der Waals surface area contributed by atoms with Crippen LogP contribution in [0, 0.1) is 35.0 Å². The van der Waals surface area contributed by atoms with Crippen molar-refractivity contribution in [3.8, 4) is 6.07 Å². The second-order valence-electron chi connectivity index (χ2n) is 8.41. The third-order valence-electron chi connectivity index (χ3n) is 6.46. The van der Waals surface area contributed by atoms with Crippen LogP contribution in [0.1, 0.15) is 51.4 Å². The fraction of sp³-hybridized carbons (Fsp3) is 0.944. The molecule has 0 saturated heterocycles. The normalized spacial score (nSPS) is 37.7. The second kappa shape index (κ2) is 5.25. The number of rotatable bonds is 7. The van der Waals surface area contributed by atoms with Crippen LogP contribution in [0.2, 0.25) is 0 Å². The van der Waals surface area contributed by atoms with Gasteiger partial charge < -0.3 is 4.90 Å². The van der Waals surface area contributed by atoms with E-state index in [0.717, 1.165) is 24.3 Å². The van der Waals surface area contributed by atoms with E-state index in [9.17, 15) is 5.26 Å². The fourth-order valence-electron chi connectivity index (χ4n) is 5.11. The zero-order valence-corrected chi connectivity index (χ0v) is 13.4. The van der Waals surface area contributed by atoms with E-state index in [1.54, 1.807) is 0 Å². The summed E-state index contributed by atoms with van der Waals surface area (Å²) in [5.74, 6) is 3.53.